The zero-order valence-electron chi connectivity index (χ0n) is 22.2. The van der Waals surface area contributed by atoms with Gasteiger partial charge in [0.05, 0.1) is 0 Å². The van der Waals surface area contributed by atoms with E-state index in [-0.39, 0.29) is 62.4 Å². The fourth-order valence-electron chi connectivity index (χ4n) is 4.61. The summed E-state index contributed by atoms with van der Waals surface area (Å²) in [6.07, 6.45) is 6.87. The molecule has 0 atom stereocenters. The third-order valence-electron chi connectivity index (χ3n) is 6.65. The number of phenols is 4. The number of hydrogen-bond donors (Lipinski definition) is 6. The Labute approximate surface area is 238 Å². The Kier molecular flexibility index (Phi) is 16.4. The average Bonchev–Trinajstić information content (AvgIpc) is 2.81. The van der Waals surface area contributed by atoms with Gasteiger partial charge < -0.3 is 31.1 Å². The van der Waals surface area contributed by atoms with Crippen LogP contribution in [0.4, 0.5) is 0 Å². The summed E-state index contributed by atoms with van der Waals surface area (Å²) in [7, 11) is 0. The SMILES string of the molecule is Br.Br.CCc1c(CCNCCCCCCNCC(C)(C)c2ccc(O)c(O)c2CC)ccc(O)c1O. The van der Waals surface area contributed by atoms with Gasteiger partial charge in [-0.1, -0.05) is 52.7 Å². The molecule has 0 saturated heterocycles. The summed E-state index contributed by atoms with van der Waals surface area (Å²) in [6, 6.07) is 6.97. The number of hydrogen-bond acceptors (Lipinski definition) is 6. The van der Waals surface area contributed by atoms with Crippen molar-refractivity contribution in [3.63, 3.8) is 0 Å². The third-order valence-corrected chi connectivity index (χ3v) is 6.65. The average molecular weight is 634 g/mol. The van der Waals surface area contributed by atoms with Gasteiger partial charge in [0.2, 0.25) is 0 Å². The van der Waals surface area contributed by atoms with Crippen LogP contribution in [0.15, 0.2) is 24.3 Å². The van der Waals surface area contributed by atoms with Gasteiger partial charge in [-0.15, -0.1) is 34.0 Å². The van der Waals surface area contributed by atoms with E-state index >= 15 is 0 Å². The molecule has 6 N–H and O–H groups in total. The fraction of sp³-hybridized carbons (Fsp3) is 0.571. The zero-order valence-corrected chi connectivity index (χ0v) is 25.6. The molecule has 36 heavy (non-hydrogen) atoms. The van der Waals surface area contributed by atoms with Crippen LogP contribution in [0.3, 0.4) is 0 Å². The van der Waals surface area contributed by atoms with E-state index in [1.165, 1.54) is 12.8 Å². The summed E-state index contributed by atoms with van der Waals surface area (Å²) in [4.78, 5) is 0. The van der Waals surface area contributed by atoms with E-state index in [9.17, 15) is 20.4 Å². The summed E-state index contributed by atoms with van der Waals surface area (Å²) in [5.41, 5.74) is 3.70. The molecule has 0 bridgehead atoms. The predicted octanol–water partition coefficient (Wildman–Crippen LogP) is 6.05. The Bertz CT molecular complexity index is 923. The van der Waals surface area contributed by atoms with Gasteiger partial charge in [0.1, 0.15) is 0 Å². The summed E-state index contributed by atoms with van der Waals surface area (Å²) in [5.74, 6) is -0.0705. The smallest absolute Gasteiger partial charge is 0.160 e. The molecule has 0 saturated carbocycles. The Morgan fingerprint density at radius 3 is 1.78 bits per heavy atom. The number of unbranched alkanes of at least 4 members (excludes halogenated alkanes) is 3. The van der Waals surface area contributed by atoms with Gasteiger partial charge in [-0.05, 0) is 75.0 Å². The van der Waals surface area contributed by atoms with Crippen molar-refractivity contribution in [1.82, 2.24) is 10.6 Å². The van der Waals surface area contributed by atoms with Crippen LogP contribution in [-0.2, 0) is 24.7 Å². The minimum Gasteiger partial charge on any atom is -0.504 e. The summed E-state index contributed by atoms with van der Waals surface area (Å²) in [6.45, 7) is 11.9. The summed E-state index contributed by atoms with van der Waals surface area (Å²) < 4.78 is 0. The Hall–Kier alpha value is -1.48. The molecule has 0 heterocycles. The Morgan fingerprint density at radius 1 is 0.667 bits per heavy atom. The minimum absolute atomic E-state index is 0. The van der Waals surface area contributed by atoms with Gasteiger partial charge >= 0.3 is 0 Å². The van der Waals surface area contributed by atoms with E-state index in [4.69, 9.17) is 0 Å². The third kappa shape index (κ3) is 9.77. The second kappa shape index (κ2) is 17.1. The Morgan fingerprint density at radius 2 is 1.19 bits per heavy atom. The molecule has 0 aliphatic heterocycles. The molecule has 0 amide bonds. The second-order valence-electron chi connectivity index (χ2n) is 9.71. The molecule has 0 aromatic heterocycles. The highest BCUT2D eigenvalue weighted by Gasteiger charge is 2.25. The lowest BCUT2D eigenvalue weighted by Crippen LogP contribution is -2.34. The van der Waals surface area contributed by atoms with Crippen LogP contribution in [0.1, 0.15) is 75.6 Å². The molecule has 0 radical (unpaired) electrons. The molecule has 206 valence electrons. The number of benzene rings is 2. The van der Waals surface area contributed by atoms with E-state index in [1.54, 1.807) is 12.1 Å². The number of halogens is 2. The highest BCUT2D eigenvalue weighted by atomic mass is 79.9. The van der Waals surface area contributed by atoms with Crippen LogP contribution >= 0.6 is 34.0 Å². The molecular formula is C28H46Br2N2O4. The first-order valence-corrected chi connectivity index (χ1v) is 12.7. The normalized spacial score (nSPS) is 11.1. The first-order chi connectivity index (χ1) is 16.2. The lowest BCUT2D eigenvalue weighted by atomic mass is 9.80. The molecule has 0 fully saturated rings. The molecule has 0 aliphatic carbocycles. The standard InChI is InChI=1S/C28H44N2O4.2BrH/c1-5-21-20(11-13-24(31)26(21)33)15-18-29-16-9-7-8-10-17-30-19-28(3,4)23-12-14-25(32)27(34)22(23)6-2;;/h11-14,29-34H,5-10,15-19H2,1-4H3;2*1H. The quantitative estimate of drug-likeness (QED) is 0.105. The molecule has 6 nitrogen and oxygen atoms in total. The van der Waals surface area contributed by atoms with Gasteiger partial charge in [0, 0.05) is 23.1 Å². The van der Waals surface area contributed by atoms with Crippen LogP contribution in [-0.4, -0.2) is 46.6 Å². The lowest BCUT2D eigenvalue weighted by Gasteiger charge is -2.29. The maximum absolute atomic E-state index is 10.2. The lowest BCUT2D eigenvalue weighted by molar-refractivity contribution is 0.393. The summed E-state index contributed by atoms with van der Waals surface area (Å²) >= 11 is 0. The van der Waals surface area contributed by atoms with Gasteiger partial charge in [-0.2, -0.15) is 0 Å². The fourth-order valence-corrected chi connectivity index (χ4v) is 4.61. The largest absolute Gasteiger partial charge is 0.504 e. The van der Waals surface area contributed by atoms with Crippen LogP contribution in [0, 0.1) is 0 Å². The van der Waals surface area contributed by atoms with Crippen molar-refractivity contribution < 1.29 is 20.4 Å². The van der Waals surface area contributed by atoms with Gasteiger partial charge in [-0.3, -0.25) is 0 Å². The van der Waals surface area contributed by atoms with Crippen molar-refractivity contribution in [1.29, 1.82) is 0 Å². The van der Waals surface area contributed by atoms with Crippen molar-refractivity contribution >= 4 is 34.0 Å². The van der Waals surface area contributed by atoms with E-state index in [2.05, 4.69) is 24.5 Å². The van der Waals surface area contributed by atoms with Gasteiger partial charge in [0.15, 0.2) is 23.0 Å². The van der Waals surface area contributed by atoms with Crippen LogP contribution in [0.2, 0.25) is 0 Å². The molecule has 0 unspecified atom stereocenters. The number of nitrogens with one attached hydrogen (secondary N) is 2. The highest BCUT2D eigenvalue weighted by molar-refractivity contribution is 8.93. The van der Waals surface area contributed by atoms with Crippen molar-refractivity contribution in [3.8, 4) is 23.0 Å². The van der Waals surface area contributed by atoms with Crippen molar-refractivity contribution in [2.75, 3.05) is 26.2 Å². The highest BCUT2D eigenvalue weighted by Crippen LogP contribution is 2.37. The van der Waals surface area contributed by atoms with E-state index < -0.39 is 0 Å². The molecule has 2 aromatic rings. The zero-order chi connectivity index (χ0) is 25.1. The second-order valence-corrected chi connectivity index (χ2v) is 9.71. The molecule has 2 aromatic carbocycles. The van der Waals surface area contributed by atoms with Crippen molar-refractivity contribution in [2.24, 2.45) is 0 Å². The molecular weight excluding hydrogens is 588 g/mol. The maximum Gasteiger partial charge on any atom is 0.160 e. The molecule has 0 aliphatic rings. The van der Waals surface area contributed by atoms with Gasteiger partial charge in [-0.25, -0.2) is 0 Å². The van der Waals surface area contributed by atoms with E-state index in [0.29, 0.717) is 12.8 Å². The van der Waals surface area contributed by atoms with Crippen LogP contribution in [0.5, 0.6) is 23.0 Å². The maximum atomic E-state index is 10.2. The predicted molar refractivity (Wildman–Crippen MR) is 160 cm³/mol. The number of rotatable bonds is 15. The summed E-state index contributed by atoms with van der Waals surface area (Å²) in [5, 5.41) is 46.7. The van der Waals surface area contributed by atoms with E-state index in [0.717, 1.165) is 67.7 Å². The molecule has 8 heteroatoms. The van der Waals surface area contributed by atoms with E-state index in [1.807, 2.05) is 26.0 Å². The Balaban J connectivity index is 0.00000612. The van der Waals surface area contributed by atoms with Crippen LogP contribution < -0.4 is 10.6 Å². The van der Waals surface area contributed by atoms with Crippen LogP contribution in [0.25, 0.3) is 0 Å². The first-order valence-electron chi connectivity index (χ1n) is 12.7. The van der Waals surface area contributed by atoms with Crippen molar-refractivity contribution in [3.05, 3.63) is 46.5 Å². The number of aromatic hydroxyl groups is 4. The topological polar surface area (TPSA) is 105 Å². The minimum atomic E-state index is -0.133. The number of phenolic OH excluding ortho intramolecular Hbond substituents is 4. The molecule has 2 rings (SSSR count). The first kappa shape index (κ1) is 34.5. The monoisotopic (exact) mass is 632 g/mol. The van der Waals surface area contributed by atoms with Crippen molar-refractivity contribution in [2.45, 2.75) is 78.1 Å². The van der Waals surface area contributed by atoms with Gasteiger partial charge in [0.25, 0.3) is 0 Å². The molecule has 0 spiro atoms.